The molecule has 1 amide bonds. The third kappa shape index (κ3) is 6.27. The number of carboxylic acid groups (broad SMARTS) is 1. The van der Waals surface area contributed by atoms with Crippen molar-refractivity contribution in [3.63, 3.8) is 0 Å². The minimum Gasteiger partial charge on any atom is -0.493 e. The van der Waals surface area contributed by atoms with Gasteiger partial charge in [0.05, 0.1) is 17.9 Å². The molecule has 0 heterocycles. The molecule has 0 spiro atoms. The molecule has 0 fully saturated rings. The van der Waals surface area contributed by atoms with E-state index in [2.05, 4.69) is 5.32 Å². The number of nitrogens with one attached hydrogen (secondary N) is 1. The van der Waals surface area contributed by atoms with Gasteiger partial charge in [-0.05, 0) is 30.2 Å². The van der Waals surface area contributed by atoms with E-state index in [9.17, 15) is 18.0 Å². The molecule has 7 nitrogen and oxygen atoms in total. The Labute approximate surface area is 135 Å². The Morgan fingerprint density at radius 3 is 2.22 bits per heavy atom. The summed E-state index contributed by atoms with van der Waals surface area (Å²) in [5, 5.41) is 11.4. The zero-order valence-electron chi connectivity index (χ0n) is 13.3. The molecule has 128 valence electrons. The highest BCUT2D eigenvalue weighted by molar-refractivity contribution is 7.90. The molecular formula is C15H21NO6S. The van der Waals surface area contributed by atoms with Crippen LogP contribution in [0.2, 0.25) is 0 Å². The van der Waals surface area contributed by atoms with E-state index in [-0.39, 0.29) is 23.8 Å². The lowest BCUT2D eigenvalue weighted by Gasteiger charge is -2.17. The normalized spacial score (nSPS) is 12.7. The third-order valence-electron chi connectivity index (χ3n) is 3.10. The lowest BCUT2D eigenvalue weighted by Crippen LogP contribution is -2.44. The number of carbonyl (C=O) groups is 2. The Balaban J connectivity index is 2.47. The van der Waals surface area contributed by atoms with Crippen LogP contribution in [0.1, 0.15) is 20.3 Å². The summed E-state index contributed by atoms with van der Waals surface area (Å²) in [6.07, 6.45) is 1.12. The fourth-order valence-corrected chi connectivity index (χ4v) is 2.43. The molecule has 1 aromatic rings. The number of hydrogen-bond donors (Lipinski definition) is 2. The van der Waals surface area contributed by atoms with Gasteiger partial charge in [-0.2, -0.15) is 0 Å². The van der Waals surface area contributed by atoms with E-state index < -0.39 is 27.8 Å². The Morgan fingerprint density at radius 1 is 1.22 bits per heavy atom. The molecule has 23 heavy (non-hydrogen) atoms. The van der Waals surface area contributed by atoms with Gasteiger partial charge in [0, 0.05) is 6.26 Å². The number of sulfone groups is 1. The van der Waals surface area contributed by atoms with Gasteiger partial charge in [0.25, 0.3) is 0 Å². The van der Waals surface area contributed by atoms with Crippen LogP contribution in [0.25, 0.3) is 0 Å². The number of rotatable bonds is 8. The Morgan fingerprint density at radius 2 is 1.78 bits per heavy atom. The highest BCUT2D eigenvalue weighted by Gasteiger charge is 2.23. The lowest BCUT2D eigenvalue weighted by atomic mass is 10.0. The SMILES string of the molecule is CC(C)[C@@H](NC(=O)CCOc1ccc(S(C)(=O)=O)cc1)C(=O)O. The fourth-order valence-electron chi connectivity index (χ4n) is 1.80. The van der Waals surface area contributed by atoms with Gasteiger partial charge >= 0.3 is 5.97 Å². The van der Waals surface area contributed by atoms with Gasteiger partial charge in [-0.1, -0.05) is 13.8 Å². The first-order valence-electron chi connectivity index (χ1n) is 7.06. The van der Waals surface area contributed by atoms with Crippen molar-refractivity contribution < 1.29 is 27.9 Å². The largest absolute Gasteiger partial charge is 0.493 e. The molecule has 0 radical (unpaired) electrons. The second-order valence-corrected chi connectivity index (χ2v) is 7.49. The fraction of sp³-hybridized carbons (Fsp3) is 0.467. The topological polar surface area (TPSA) is 110 Å². The molecule has 8 heteroatoms. The summed E-state index contributed by atoms with van der Waals surface area (Å²) in [7, 11) is -3.26. The Hall–Kier alpha value is -2.09. The van der Waals surface area contributed by atoms with E-state index in [0.717, 1.165) is 6.26 Å². The molecule has 0 unspecified atom stereocenters. The van der Waals surface area contributed by atoms with Crippen molar-refractivity contribution in [1.82, 2.24) is 5.32 Å². The number of amides is 1. The minimum atomic E-state index is -3.26. The van der Waals surface area contributed by atoms with Crippen LogP contribution in [0.3, 0.4) is 0 Å². The predicted molar refractivity (Wildman–Crippen MR) is 84.1 cm³/mol. The van der Waals surface area contributed by atoms with Crippen molar-refractivity contribution in [2.75, 3.05) is 12.9 Å². The number of hydrogen-bond acceptors (Lipinski definition) is 5. The monoisotopic (exact) mass is 343 g/mol. The maximum absolute atomic E-state index is 11.7. The average molecular weight is 343 g/mol. The summed E-state index contributed by atoms with van der Waals surface area (Å²) < 4.78 is 28.0. The first kappa shape index (κ1) is 19.0. The average Bonchev–Trinajstić information content (AvgIpc) is 2.43. The van der Waals surface area contributed by atoms with Gasteiger partial charge in [0.2, 0.25) is 5.91 Å². The maximum atomic E-state index is 11.7. The number of aliphatic carboxylic acids is 1. The predicted octanol–water partition coefficient (Wildman–Crippen LogP) is 1.08. The molecule has 1 rings (SSSR count). The molecule has 0 aliphatic heterocycles. The van der Waals surface area contributed by atoms with E-state index in [1.165, 1.54) is 24.3 Å². The van der Waals surface area contributed by atoms with E-state index in [0.29, 0.717) is 5.75 Å². The Bertz CT molecular complexity index is 651. The van der Waals surface area contributed by atoms with Crippen LogP contribution in [0.5, 0.6) is 5.75 Å². The van der Waals surface area contributed by atoms with Gasteiger partial charge in [-0.3, -0.25) is 4.79 Å². The molecule has 0 saturated heterocycles. The standard InChI is InChI=1S/C15H21NO6S/c1-10(2)14(15(18)19)16-13(17)8-9-22-11-4-6-12(7-5-11)23(3,20)21/h4-7,10,14H,8-9H2,1-3H3,(H,16,17)(H,18,19)/t14-/m1/s1. The van der Waals surface area contributed by atoms with Crippen molar-refractivity contribution in [3.05, 3.63) is 24.3 Å². The van der Waals surface area contributed by atoms with Crippen LogP contribution in [-0.4, -0.2) is 44.3 Å². The molecule has 2 N–H and O–H groups in total. The van der Waals surface area contributed by atoms with Crippen molar-refractivity contribution in [1.29, 1.82) is 0 Å². The summed E-state index contributed by atoms with van der Waals surface area (Å²) in [6, 6.07) is 4.91. The van der Waals surface area contributed by atoms with Crippen molar-refractivity contribution in [3.8, 4) is 5.75 Å². The van der Waals surface area contributed by atoms with Crippen molar-refractivity contribution in [2.24, 2.45) is 5.92 Å². The second-order valence-electron chi connectivity index (χ2n) is 5.47. The van der Waals surface area contributed by atoms with E-state index >= 15 is 0 Å². The summed E-state index contributed by atoms with van der Waals surface area (Å²) in [6.45, 7) is 3.48. The molecule has 1 aromatic carbocycles. The maximum Gasteiger partial charge on any atom is 0.326 e. The van der Waals surface area contributed by atoms with Gasteiger partial charge in [-0.25, -0.2) is 13.2 Å². The van der Waals surface area contributed by atoms with Crippen molar-refractivity contribution in [2.45, 2.75) is 31.2 Å². The van der Waals surface area contributed by atoms with Gasteiger partial charge < -0.3 is 15.2 Å². The first-order chi connectivity index (χ1) is 10.6. The molecule has 0 saturated carbocycles. The number of benzene rings is 1. The smallest absolute Gasteiger partial charge is 0.326 e. The lowest BCUT2D eigenvalue weighted by molar-refractivity contribution is -0.143. The molecular weight excluding hydrogens is 322 g/mol. The van der Waals surface area contributed by atoms with Crippen LogP contribution < -0.4 is 10.1 Å². The number of carbonyl (C=O) groups excluding carboxylic acids is 1. The summed E-state index contributed by atoms with van der Waals surface area (Å²) in [5.74, 6) is -1.28. The van der Waals surface area contributed by atoms with E-state index in [4.69, 9.17) is 9.84 Å². The summed E-state index contributed by atoms with van der Waals surface area (Å²) in [5.41, 5.74) is 0. The minimum absolute atomic E-state index is 0.00429. The van der Waals surface area contributed by atoms with E-state index in [1.807, 2.05) is 0 Å². The van der Waals surface area contributed by atoms with Crippen LogP contribution in [0.4, 0.5) is 0 Å². The molecule has 0 bridgehead atoms. The zero-order chi connectivity index (χ0) is 17.6. The highest BCUT2D eigenvalue weighted by atomic mass is 32.2. The summed E-state index contributed by atoms with van der Waals surface area (Å²) in [4.78, 5) is 22.9. The van der Waals surface area contributed by atoms with Crippen LogP contribution in [0.15, 0.2) is 29.2 Å². The molecule has 0 aliphatic carbocycles. The number of carboxylic acids is 1. The van der Waals surface area contributed by atoms with Crippen LogP contribution in [-0.2, 0) is 19.4 Å². The first-order valence-corrected chi connectivity index (χ1v) is 8.95. The molecule has 0 aromatic heterocycles. The van der Waals surface area contributed by atoms with Crippen molar-refractivity contribution >= 4 is 21.7 Å². The quantitative estimate of drug-likeness (QED) is 0.731. The van der Waals surface area contributed by atoms with Gasteiger partial charge in [-0.15, -0.1) is 0 Å². The van der Waals surface area contributed by atoms with Crippen LogP contribution in [0, 0.1) is 5.92 Å². The second kappa shape index (κ2) is 7.96. The van der Waals surface area contributed by atoms with E-state index in [1.54, 1.807) is 13.8 Å². The van der Waals surface area contributed by atoms with Crippen LogP contribution >= 0.6 is 0 Å². The van der Waals surface area contributed by atoms with Gasteiger partial charge in [0.15, 0.2) is 9.84 Å². The van der Waals surface area contributed by atoms with Gasteiger partial charge in [0.1, 0.15) is 11.8 Å². The summed E-state index contributed by atoms with van der Waals surface area (Å²) >= 11 is 0. The highest BCUT2D eigenvalue weighted by Crippen LogP contribution is 2.15. The Kier molecular flexibility index (Phi) is 6.56. The third-order valence-corrected chi connectivity index (χ3v) is 4.23. The molecule has 1 atom stereocenters. The zero-order valence-corrected chi connectivity index (χ0v) is 14.1. The molecule has 0 aliphatic rings. The number of ether oxygens (including phenoxy) is 1.